The first-order valence-electron chi connectivity index (χ1n) is 12.3. The monoisotopic (exact) mass is 491 g/mol. The first-order valence-corrected chi connectivity index (χ1v) is 13.1. The van der Waals surface area contributed by atoms with Gasteiger partial charge in [0.05, 0.1) is 12.1 Å². The minimum atomic E-state index is -0.321. The highest BCUT2D eigenvalue weighted by Crippen LogP contribution is 2.11. The Balaban J connectivity index is 2.33. The molecular weight excluding hydrogens is 450 g/mol. The number of benzene rings is 1. The third kappa shape index (κ3) is 15.2. The lowest BCUT2D eigenvalue weighted by atomic mass is 10.1. The van der Waals surface area contributed by atoms with Crippen LogP contribution in [0.5, 0.6) is 0 Å². The second kappa shape index (κ2) is 19.4. The molecule has 0 N–H and O–H groups in total. The van der Waals surface area contributed by atoms with Crippen molar-refractivity contribution in [2.75, 3.05) is 26.2 Å². The van der Waals surface area contributed by atoms with Crippen molar-refractivity contribution < 1.29 is 9.53 Å². The van der Waals surface area contributed by atoms with Gasteiger partial charge in [0.25, 0.3) is 0 Å². The summed E-state index contributed by atoms with van der Waals surface area (Å²) < 4.78 is 6.22. The molecule has 0 unspecified atom stereocenters. The summed E-state index contributed by atoms with van der Waals surface area (Å²) in [7, 11) is 0. The van der Waals surface area contributed by atoms with Gasteiger partial charge in [-0.3, -0.25) is 4.90 Å². The van der Waals surface area contributed by atoms with E-state index in [1.54, 1.807) is 12.1 Å². The van der Waals surface area contributed by atoms with Gasteiger partial charge in [-0.2, -0.15) is 0 Å². The lowest BCUT2D eigenvalue weighted by Crippen LogP contribution is -2.26. The summed E-state index contributed by atoms with van der Waals surface area (Å²) in [5.41, 5.74) is 0.553. The molecule has 1 rings (SSSR count). The van der Waals surface area contributed by atoms with E-state index in [0.717, 1.165) is 24.1 Å². The van der Waals surface area contributed by atoms with Crippen LogP contribution in [0.25, 0.3) is 0 Å². The van der Waals surface area contributed by atoms with Crippen LogP contribution in [-0.2, 0) is 4.74 Å². The van der Waals surface area contributed by atoms with Gasteiger partial charge < -0.3 is 4.74 Å². The van der Waals surface area contributed by atoms with E-state index in [1.165, 1.54) is 77.0 Å². The smallest absolute Gasteiger partial charge is 0.339 e. The normalized spacial score (nSPS) is 10.7. The molecule has 3 nitrogen and oxygen atoms in total. The van der Waals surface area contributed by atoms with E-state index in [-0.39, 0.29) is 12.6 Å². The van der Waals surface area contributed by atoms with Crippen molar-refractivity contribution in [3.05, 3.63) is 34.3 Å². The number of rotatable bonds is 17. The summed E-state index contributed by atoms with van der Waals surface area (Å²) in [6, 6.07) is 7.18. The topological polar surface area (TPSA) is 29.5 Å². The number of carbonyl (C=O) groups is 1. The zero-order chi connectivity index (χ0) is 22.6. The Kier molecular flexibility index (Phi) is 17.3. The van der Waals surface area contributed by atoms with Crippen LogP contribution in [0.15, 0.2) is 28.7 Å². The van der Waals surface area contributed by atoms with E-state index < -0.39 is 0 Å². The fourth-order valence-electron chi connectivity index (χ4n) is 3.49. The molecule has 0 spiro atoms. The van der Waals surface area contributed by atoms with E-state index in [4.69, 9.17) is 4.74 Å². The molecule has 1 aromatic rings. The molecule has 0 aromatic heterocycles. The number of esters is 1. The summed E-state index contributed by atoms with van der Waals surface area (Å²) in [5.74, 6) is 5.91. The van der Waals surface area contributed by atoms with Crippen LogP contribution in [-0.4, -0.2) is 37.1 Å². The largest absolute Gasteiger partial charge is 0.449 e. The maximum atomic E-state index is 12.0. The minimum absolute atomic E-state index is 0.150. The average molecular weight is 493 g/mol. The molecule has 0 aliphatic heterocycles. The van der Waals surface area contributed by atoms with E-state index in [0.29, 0.717) is 5.56 Å². The summed E-state index contributed by atoms with van der Waals surface area (Å²) in [5, 5.41) is 0. The molecule has 0 fully saturated rings. The van der Waals surface area contributed by atoms with Gasteiger partial charge in [-0.05, 0) is 50.2 Å². The SMILES string of the molecule is CCCCCCCCN(CC#CCOC(=O)c1ccc(Br)cc1)CCCCCCCC. The first kappa shape index (κ1) is 27.7. The maximum Gasteiger partial charge on any atom is 0.339 e. The predicted molar refractivity (Wildman–Crippen MR) is 135 cm³/mol. The average Bonchev–Trinajstić information content (AvgIpc) is 2.78. The first-order chi connectivity index (χ1) is 15.2. The lowest BCUT2D eigenvalue weighted by molar-refractivity contribution is 0.0556. The van der Waals surface area contributed by atoms with Gasteiger partial charge in [0.15, 0.2) is 6.61 Å². The van der Waals surface area contributed by atoms with Gasteiger partial charge in [0.2, 0.25) is 0 Å². The molecule has 0 bridgehead atoms. The van der Waals surface area contributed by atoms with Gasteiger partial charge >= 0.3 is 5.97 Å². The second-order valence-electron chi connectivity index (χ2n) is 8.25. The third-order valence-electron chi connectivity index (χ3n) is 5.44. The Morgan fingerprint density at radius 2 is 1.32 bits per heavy atom. The molecule has 31 heavy (non-hydrogen) atoms. The number of nitrogens with zero attached hydrogens (tertiary/aromatic N) is 1. The molecule has 4 heteroatoms. The van der Waals surface area contributed by atoms with Crippen LogP contribution in [0, 0.1) is 11.8 Å². The summed E-state index contributed by atoms with van der Waals surface area (Å²) >= 11 is 3.37. The van der Waals surface area contributed by atoms with E-state index in [1.807, 2.05) is 12.1 Å². The summed E-state index contributed by atoms with van der Waals surface area (Å²) in [6.07, 6.45) is 15.8. The van der Waals surface area contributed by atoms with Crippen LogP contribution in [0.3, 0.4) is 0 Å². The van der Waals surface area contributed by atoms with Crippen molar-refractivity contribution in [1.82, 2.24) is 4.90 Å². The van der Waals surface area contributed by atoms with Crippen LogP contribution in [0.1, 0.15) is 101 Å². The second-order valence-corrected chi connectivity index (χ2v) is 9.16. The fraction of sp³-hybridized carbons (Fsp3) is 0.667. The highest BCUT2D eigenvalue weighted by molar-refractivity contribution is 9.10. The Morgan fingerprint density at radius 3 is 1.87 bits per heavy atom. The molecule has 0 radical (unpaired) electrons. The maximum absolute atomic E-state index is 12.0. The molecule has 0 heterocycles. The van der Waals surface area contributed by atoms with Crippen molar-refractivity contribution in [2.45, 2.75) is 90.9 Å². The van der Waals surface area contributed by atoms with E-state index >= 15 is 0 Å². The highest BCUT2D eigenvalue weighted by Gasteiger charge is 2.06. The van der Waals surface area contributed by atoms with Crippen LogP contribution in [0.4, 0.5) is 0 Å². The number of hydrogen-bond acceptors (Lipinski definition) is 3. The molecule has 174 valence electrons. The van der Waals surface area contributed by atoms with Gasteiger partial charge in [-0.25, -0.2) is 4.79 Å². The van der Waals surface area contributed by atoms with Gasteiger partial charge in [0, 0.05) is 4.47 Å². The molecule has 0 saturated carbocycles. The number of halogens is 1. The van der Waals surface area contributed by atoms with Crippen molar-refractivity contribution in [2.24, 2.45) is 0 Å². The number of unbranched alkanes of at least 4 members (excludes halogenated alkanes) is 10. The Bertz CT molecular complexity index is 617. The predicted octanol–water partition coefficient (Wildman–Crippen LogP) is 7.63. The van der Waals surface area contributed by atoms with Crippen molar-refractivity contribution >= 4 is 21.9 Å². The highest BCUT2D eigenvalue weighted by atomic mass is 79.9. The molecule has 0 aliphatic rings. The van der Waals surface area contributed by atoms with Gasteiger partial charge in [0.1, 0.15) is 0 Å². The Labute approximate surface area is 199 Å². The quantitative estimate of drug-likeness (QED) is 0.127. The minimum Gasteiger partial charge on any atom is -0.449 e. The van der Waals surface area contributed by atoms with Gasteiger partial charge in [-0.15, -0.1) is 0 Å². The summed E-state index contributed by atoms with van der Waals surface area (Å²) in [4.78, 5) is 14.5. The third-order valence-corrected chi connectivity index (χ3v) is 5.97. The molecule has 0 saturated heterocycles. The zero-order valence-corrected chi connectivity index (χ0v) is 21.4. The van der Waals surface area contributed by atoms with Crippen molar-refractivity contribution in [3.8, 4) is 11.8 Å². The number of ether oxygens (including phenoxy) is 1. The van der Waals surface area contributed by atoms with Crippen LogP contribution < -0.4 is 0 Å². The number of carbonyl (C=O) groups excluding carboxylic acids is 1. The molecule has 0 atom stereocenters. The lowest BCUT2D eigenvalue weighted by Gasteiger charge is -2.19. The Morgan fingerprint density at radius 1 is 0.806 bits per heavy atom. The van der Waals surface area contributed by atoms with Crippen molar-refractivity contribution in [1.29, 1.82) is 0 Å². The van der Waals surface area contributed by atoms with Crippen LogP contribution in [0.2, 0.25) is 0 Å². The van der Waals surface area contributed by atoms with E-state index in [9.17, 15) is 4.79 Å². The molecule has 1 aromatic carbocycles. The molecule has 0 aliphatic carbocycles. The van der Waals surface area contributed by atoms with Crippen LogP contribution >= 0.6 is 15.9 Å². The van der Waals surface area contributed by atoms with E-state index in [2.05, 4.69) is 46.5 Å². The Hall–Kier alpha value is -1.31. The standard InChI is InChI=1S/C27H42BrNO2/c1-3-5-7-9-11-13-21-29(22-14-12-10-8-6-4-2)23-15-16-24-31-27(30)25-17-19-26(28)20-18-25/h17-20H,3-14,21-24H2,1-2H3. The van der Waals surface area contributed by atoms with Crippen molar-refractivity contribution in [3.63, 3.8) is 0 Å². The summed E-state index contributed by atoms with van der Waals surface area (Å²) in [6.45, 7) is 7.67. The zero-order valence-electron chi connectivity index (χ0n) is 19.8. The fourth-order valence-corrected chi connectivity index (χ4v) is 3.76. The molecular formula is C27H42BrNO2. The molecule has 0 amide bonds. The number of hydrogen-bond donors (Lipinski definition) is 0. The van der Waals surface area contributed by atoms with Gasteiger partial charge in [-0.1, -0.05) is 106 Å².